The van der Waals surface area contributed by atoms with Crippen LogP contribution in [0.1, 0.15) is 0 Å². The van der Waals surface area contributed by atoms with Crippen molar-refractivity contribution in [3.63, 3.8) is 0 Å². The van der Waals surface area contributed by atoms with Crippen LogP contribution in [0, 0.1) is 0 Å². The summed E-state index contributed by atoms with van der Waals surface area (Å²) in [7, 11) is 3.09. The van der Waals surface area contributed by atoms with E-state index in [2.05, 4.69) is 15.4 Å². The highest BCUT2D eigenvalue weighted by Gasteiger charge is 2.13. The van der Waals surface area contributed by atoms with Gasteiger partial charge in [-0.15, -0.1) is 5.10 Å². The summed E-state index contributed by atoms with van der Waals surface area (Å²) in [6.45, 7) is -0.160. The quantitative estimate of drug-likeness (QED) is 0.467. The number of halogens is 1. The Kier molecular flexibility index (Phi) is 5.90. The smallest absolute Gasteiger partial charge is 0.262 e. The predicted octanol–water partition coefficient (Wildman–Crippen LogP) is 4.08. The van der Waals surface area contributed by atoms with Gasteiger partial charge in [-0.2, -0.15) is 0 Å². The number of carbonyl (C=O) groups excluding carboxylic acids is 1. The highest BCUT2D eigenvalue weighted by Crippen LogP contribution is 2.30. The lowest BCUT2D eigenvalue weighted by molar-refractivity contribution is -0.118. The van der Waals surface area contributed by atoms with Gasteiger partial charge in [-0.3, -0.25) is 4.79 Å². The molecule has 0 spiro atoms. The van der Waals surface area contributed by atoms with Crippen molar-refractivity contribution >= 4 is 28.8 Å². The number of carbonyl (C=O) groups is 1. The summed E-state index contributed by atoms with van der Waals surface area (Å²) in [4.78, 5) is 17.0. The molecule has 2 heterocycles. The van der Waals surface area contributed by atoms with E-state index in [-0.39, 0.29) is 12.5 Å². The molecule has 8 nitrogen and oxygen atoms in total. The van der Waals surface area contributed by atoms with Gasteiger partial charge in [0, 0.05) is 16.7 Å². The molecule has 1 N–H and O–H groups in total. The monoisotopic (exact) mass is 438 g/mol. The van der Waals surface area contributed by atoms with E-state index in [0.717, 1.165) is 5.56 Å². The number of aromatic nitrogens is 3. The molecule has 158 valence electrons. The number of ether oxygens (including phenoxy) is 3. The summed E-state index contributed by atoms with van der Waals surface area (Å²) < 4.78 is 17.7. The minimum absolute atomic E-state index is 0.160. The highest BCUT2D eigenvalue weighted by atomic mass is 35.5. The van der Waals surface area contributed by atoms with Gasteiger partial charge in [-0.25, -0.2) is 9.50 Å². The Bertz CT molecular complexity index is 1220. The van der Waals surface area contributed by atoms with Gasteiger partial charge in [0.15, 0.2) is 12.3 Å². The summed E-state index contributed by atoms with van der Waals surface area (Å²) in [5.74, 6) is 1.23. The van der Waals surface area contributed by atoms with Crippen molar-refractivity contribution in [2.75, 3.05) is 26.1 Å². The van der Waals surface area contributed by atoms with Crippen LogP contribution in [0.15, 0.2) is 60.8 Å². The van der Waals surface area contributed by atoms with Crippen molar-refractivity contribution in [3.05, 3.63) is 65.8 Å². The molecule has 31 heavy (non-hydrogen) atoms. The zero-order valence-electron chi connectivity index (χ0n) is 16.8. The maximum Gasteiger partial charge on any atom is 0.262 e. The van der Waals surface area contributed by atoms with Crippen molar-refractivity contribution in [1.82, 2.24) is 14.6 Å². The molecule has 4 aromatic rings. The van der Waals surface area contributed by atoms with E-state index in [1.54, 1.807) is 60.3 Å². The molecule has 0 bridgehead atoms. The van der Waals surface area contributed by atoms with Crippen LogP contribution < -0.4 is 19.5 Å². The van der Waals surface area contributed by atoms with E-state index in [1.807, 2.05) is 12.1 Å². The molecule has 0 unspecified atom stereocenters. The molecule has 4 rings (SSSR count). The van der Waals surface area contributed by atoms with E-state index >= 15 is 0 Å². The first-order valence-electron chi connectivity index (χ1n) is 9.33. The second-order valence-corrected chi connectivity index (χ2v) is 6.95. The van der Waals surface area contributed by atoms with E-state index in [4.69, 9.17) is 25.8 Å². The molecule has 0 radical (unpaired) electrons. The lowest BCUT2D eigenvalue weighted by Crippen LogP contribution is -2.20. The van der Waals surface area contributed by atoms with Crippen LogP contribution in [-0.2, 0) is 4.79 Å². The number of nitrogens with one attached hydrogen (secondary N) is 1. The molecule has 0 saturated heterocycles. The molecule has 9 heteroatoms. The van der Waals surface area contributed by atoms with Gasteiger partial charge in [-0.05, 0) is 48.5 Å². The number of fused-ring (bicyclic) bond motifs is 1. The summed E-state index contributed by atoms with van der Waals surface area (Å²) in [6.07, 6.45) is 1.79. The third-order valence-corrected chi connectivity index (χ3v) is 4.71. The molecule has 0 aliphatic carbocycles. The van der Waals surface area contributed by atoms with E-state index in [1.165, 1.54) is 7.11 Å². The Balaban J connectivity index is 1.53. The van der Waals surface area contributed by atoms with Crippen molar-refractivity contribution in [2.24, 2.45) is 0 Å². The fourth-order valence-electron chi connectivity index (χ4n) is 2.94. The fourth-order valence-corrected chi connectivity index (χ4v) is 3.07. The van der Waals surface area contributed by atoms with Crippen LogP contribution >= 0.6 is 11.6 Å². The average molecular weight is 439 g/mol. The largest absolute Gasteiger partial charge is 0.495 e. The number of benzene rings is 2. The second-order valence-electron chi connectivity index (χ2n) is 6.51. The van der Waals surface area contributed by atoms with Crippen LogP contribution in [0.25, 0.3) is 16.9 Å². The normalized spacial score (nSPS) is 10.7. The Morgan fingerprint density at radius 3 is 2.61 bits per heavy atom. The average Bonchev–Trinajstić information content (AvgIpc) is 3.22. The molecule has 0 saturated carbocycles. The summed E-state index contributed by atoms with van der Waals surface area (Å²) in [5.41, 5.74) is 2.66. The highest BCUT2D eigenvalue weighted by molar-refractivity contribution is 6.30. The standard InChI is InChI=1S/C22H19ClN4O4/c1-29-19-8-3-14(18-12-27-20(24-18)9-10-22(26-27)30-2)11-17(19)25-21(28)13-31-16-6-4-15(23)5-7-16/h3-12H,13H2,1-2H3,(H,25,28). The van der Waals surface area contributed by atoms with Crippen molar-refractivity contribution in [1.29, 1.82) is 0 Å². The van der Waals surface area contributed by atoms with Crippen LogP contribution in [0.2, 0.25) is 5.02 Å². The Hall–Kier alpha value is -3.78. The number of nitrogens with zero attached hydrogens (tertiary/aromatic N) is 3. The van der Waals surface area contributed by atoms with E-state index in [9.17, 15) is 4.79 Å². The molecular weight excluding hydrogens is 420 g/mol. The minimum atomic E-state index is -0.327. The number of imidazole rings is 1. The maximum atomic E-state index is 12.4. The third kappa shape index (κ3) is 4.70. The van der Waals surface area contributed by atoms with Crippen LogP contribution in [0.4, 0.5) is 5.69 Å². The van der Waals surface area contributed by atoms with Crippen LogP contribution in [0.3, 0.4) is 0 Å². The number of anilines is 1. The Morgan fingerprint density at radius 2 is 1.87 bits per heavy atom. The number of hydrogen-bond donors (Lipinski definition) is 1. The molecule has 0 aliphatic heterocycles. The van der Waals surface area contributed by atoms with Gasteiger partial charge in [0.25, 0.3) is 5.91 Å². The molecule has 0 atom stereocenters. The number of methoxy groups -OCH3 is 2. The topological polar surface area (TPSA) is 87.0 Å². The van der Waals surface area contributed by atoms with Gasteiger partial charge in [0.05, 0.1) is 31.8 Å². The predicted molar refractivity (Wildman–Crippen MR) is 117 cm³/mol. The van der Waals surface area contributed by atoms with Gasteiger partial charge < -0.3 is 19.5 Å². The molecule has 1 amide bonds. The fraction of sp³-hybridized carbons (Fsp3) is 0.136. The molecule has 2 aromatic heterocycles. The van der Waals surface area contributed by atoms with Gasteiger partial charge >= 0.3 is 0 Å². The van der Waals surface area contributed by atoms with E-state index < -0.39 is 0 Å². The molecule has 0 aliphatic rings. The lowest BCUT2D eigenvalue weighted by Gasteiger charge is -2.12. The molecule has 2 aromatic carbocycles. The van der Waals surface area contributed by atoms with Crippen molar-refractivity contribution in [2.45, 2.75) is 0 Å². The zero-order valence-corrected chi connectivity index (χ0v) is 17.6. The summed E-state index contributed by atoms with van der Waals surface area (Å²) in [5, 5.41) is 7.73. The third-order valence-electron chi connectivity index (χ3n) is 4.46. The second kappa shape index (κ2) is 8.93. The first-order valence-corrected chi connectivity index (χ1v) is 9.70. The lowest BCUT2D eigenvalue weighted by atomic mass is 10.1. The summed E-state index contributed by atoms with van der Waals surface area (Å²) >= 11 is 5.86. The van der Waals surface area contributed by atoms with Gasteiger partial charge in [-0.1, -0.05) is 11.6 Å². The summed E-state index contributed by atoms with van der Waals surface area (Å²) in [6, 6.07) is 15.8. The van der Waals surface area contributed by atoms with Gasteiger partial charge in [0.2, 0.25) is 5.88 Å². The van der Waals surface area contributed by atoms with Crippen molar-refractivity contribution in [3.8, 4) is 28.6 Å². The first-order chi connectivity index (χ1) is 15.1. The first kappa shape index (κ1) is 20.5. The molecular formula is C22H19ClN4O4. The number of amides is 1. The number of hydrogen-bond acceptors (Lipinski definition) is 6. The number of rotatable bonds is 7. The maximum absolute atomic E-state index is 12.4. The van der Waals surface area contributed by atoms with Crippen LogP contribution in [-0.4, -0.2) is 41.3 Å². The zero-order chi connectivity index (χ0) is 21.8. The Morgan fingerprint density at radius 1 is 1.06 bits per heavy atom. The SMILES string of the molecule is COc1ccc2nc(-c3ccc(OC)c(NC(=O)COc4ccc(Cl)cc4)c3)cn2n1. The Labute approximate surface area is 183 Å². The minimum Gasteiger partial charge on any atom is -0.495 e. The van der Waals surface area contributed by atoms with Gasteiger partial charge in [0.1, 0.15) is 11.5 Å². The van der Waals surface area contributed by atoms with E-state index in [0.29, 0.717) is 39.4 Å². The molecule has 0 fully saturated rings. The van der Waals surface area contributed by atoms with Crippen molar-refractivity contribution < 1.29 is 19.0 Å². The van der Waals surface area contributed by atoms with Crippen LogP contribution in [0.5, 0.6) is 17.4 Å².